The van der Waals surface area contributed by atoms with Gasteiger partial charge in [0.2, 0.25) is 0 Å². The van der Waals surface area contributed by atoms with Gasteiger partial charge >= 0.3 is 0 Å². The maximum Gasteiger partial charge on any atom is 0.262 e. The van der Waals surface area contributed by atoms with Gasteiger partial charge in [0.1, 0.15) is 5.54 Å². The monoisotopic (exact) mass is 369 g/mol. The van der Waals surface area contributed by atoms with Gasteiger partial charge < -0.3 is 0 Å². The Kier molecular flexibility index (Phi) is 4.08. The van der Waals surface area contributed by atoms with Crippen molar-refractivity contribution in [3.8, 4) is 6.19 Å². The fourth-order valence-corrected chi connectivity index (χ4v) is 6.09. The summed E-state index contributed by atoms with van der Waals surface area (Å²) in [6, 6.07) is 7.50. The number of likely N-dealkylation sites (N-methyl/N-ethyl adjacent to an activating group) is 1. The first-order valence-electron chi connectivity index (χ1n) is 7.75. The summed E-state index contributed by atoms with van der Waals surface area (Å²) in [5.41, 5.74) is -1.91. The smallest absolute Gasteiger partial charge is 0.262 e. The van der Waals surface area contributed by atoms with Gasteiger partial charge in [-0.2, -0.15) is 5.26 Å². The summed E-state index contributed by atoms with van der Waals surface area (Å²) in [6.07, 6.45) is 0.772. The van der Waals surface area contributed by atoms with Crippen molar-refractivity contribution in [3.05, 3.63) is 30.3 Å². The quantitative estimate of drug-likeness (QED) is 0.592. The van der Waals surface area contributed by atoms with Crippen LogP contribution in [0.15, 0.2) is 35.2 Å². The Morgan fingerprint density at radius 3 is 2.60 bits per heavy atom. The number of hydrogen-bond acceptors (Lipinski definition) is 5. The van der Waals surface area contributed by atoms with E-state index in [0.29, 0.717) is 4.90 Å². The third-order valence-corrected chi connectivity index (χ3v) is 7.28. The van der Waals surface area contributed by atoms with Crippen molar-refractivity contribution in [2.24, 2.45) is 0 Å². The lowest BCUT2D eigenvalue weighted by Gasteiger charge is -2.35. The van der Waals surface area contributed by atoms with Gasteiger partial charge in [0.15, 0.2) is 16.0 Å². The fourth-order valence-electron chi connectivity index (χ4n) is 3.96. The molecule has 6 nitrogen and oxygen atoms in total. The Morgan fingerprint density at radius 2 is 2.00 bits per heavy atom. The van der Waals surface area contributed by atoms with Gasteiger partial charge in [0, 0.05) is 20.0 Å². The predicted octanol–water partition coefficient (Wildman–Crippen LogP) is 1.25. The molecule has 1 amide bonds. The summed E-state index contributed by atoms with van der Waals surface area (Å²) in [5, 5.41) is 7.70. The van der Waals surface area contributed by atoms with Crippen LogP contribution in [0, 0.1) is 11.5 Å². The number of carbonyl (C=O) groups is 1. The van der Waals surface area contributed by atoms with E-state index >= 15 is 0 Å². The summed E-state index contributed by atoms with van der Waals surface area (Å²) in [4.78, 5) is 14.7. The second-order valence-corrected chi connectivity index (χ2v) is 8.61. The Balaban J connectivity index is 2.14. The van der Waals surface area contributed by atoms with Gasteiger partial charge in [-0.05, 0) is 18.6 Å². The lowest BCUT2D eigenvalue weighted by Crippen LogP contribution is -2.59. The van der Waals surface area contributed by atoms with E-state index in [4.69, 9.17) is 5.26 Å². The molecular formula is C16H17F2N3O3S. The second-order valence-electron chi connectivity index (χ2n) is 6.48. The molecule has 134 valence electrons. The van der Waals surface area contributed by atoms with Crippen molar-refractivity contribution in [2.75, 3.05) is 20.1 Å². The predicted molar refractivity (Wildman–Crippen MR) is 84.3 cm³/mol. The maximum atomic E-state index is 14.1. The largest absolute Gasteiger partial charge is 0.282 e. The Bertz CT molecular complexity index is 838. The molecule has 0 radical (unpaired) electrons. The average molecular weight is 369 g/mol. The van der Waals surface area contributed by atoms with E-state index in [0.717, 1.165) is 7.05 Å². The van der Waals surface area contributed by atoms with Crippen LogP contribution in [0.4, 0.5) is 8.78 Å². The number of rotatable bonds is 3. The molecule has 0 spiro atoms. The number of halogens is 2. The van der Waals surface area contributed by atoms with Crippen molar-refractivity contribution in [2.45, 2.75) is 34.4 Å². The minimum atomic E-state index is -4.02. The van der Waals surface area contributed by atoms with E-state index in [1.807, 2.05) is 0 Å². The molecule has 2 saturated heterocycles. The van der Waals surface area contributed by atoms with Gasteiger partial charge in [0.05, 0.1) is 16.7 Å². The lowest BCUT2D eigenvalue weighted by molar-refractivity contribution is -0.137. The number of fused-ring (bicyclic) bond motifs is 1. The number of hydrogen-bond donors (Lipinski definition) is 0. The Hall–Kier alpha value is -2.05. The summed E-state index contributed by atoms with van der Waals surface area (Å²) in [7, 11) is -2.86. The molecule has 0 aromatic heterocycles. The number of alkyl halides is 2. The molecule has 0 saturated carbocycles. The van der Waals surface area contributed by atoms with E-state index in [1.165, 1.54) is 17.0 Å². The fraction of sp³-hybridized carbons (Fsp3) is 0.500. The summed E-state index contributed by atoms with van der Waals surface area (Å²) >= 11 is 0. The number of sulfone groups is 1. The first-order chi connectivity index (χ1) is 11.6. The molecule has 0 bridgehead atoms. The third kappa shape index (κ3) is 2.60. The van der Waals surface area contributed by atoms with Crippen LogP contribution in [0.2, 0.25) is 0 Å². The Morgan fingerprint density at radius 1 is 1.36 bits per heavy atom. The first kappa shape index (κ1) is 17.8. The van der Waals surface area contributed by atoms with Crippen LogP contribution >= 0.6 is 0 Å². The standard InChI is InChI=1S/C16H17F2N3O3S/c1-20(11-19)14(22)16-9-15(17,18)10-21(16)8-7-13(16)25(23,24)12-5-3-2-4-6-12/h2-6,13H,7-10H2,1H3. The third-order valence-electron chi connectivity index (χ3n) is 4.98. The van der Waals surface area contributed by atoms with Crippen LogP contribution in [0.1, 0.15) is 12.8 Å². The van der Waals surface area contributed by atoms with Crippen molar-refractivity contribution in [1.82, 2.24) is 9.80 Å². The molecule has 2 heterocycles. The highest BCUT2D eigenvalue weighted by Gasteiger charge is 2.68. The van der Waals surface area contributed by atoms with Gasteiger partial charge in [-0.15, -0.1) is 0 Å². The zero-order valence-electron chi connectivity index (χ0n) is 13.5. The van der Waals surface area contributed by atoms with Crippen LogP contribution in [-0.2, 0) is 14.6 Å². The maximum absolute atomic E-state index is 14.1. The van der Waals surface area contributed by atoms with Gasteiger partial charge in [-0.25, -0.2) is 17.2 Å². The average Bonchev–Trinajstić information content (AvgIpc) is 3.05. The molecular weight excluding hydrogens is 352 g/mol. The SMILES string of the molecule is CN(C#N)C(=O)C12CC(F)(F)CN1CCC2S(=O)(=O)c1ccccc1. The zero-order chi connectivity index (χ0) is 18.5. The molecule has 2 fully saturated rings. The van der Waals surface area contributed by atoms with Crippen molar-refractivity contribution < 1.29 is 22.0 Å². The molecule has 2 unspecified atom stereocenters. The zero-order valence-corrected chi connectivity index (χ0v) is 14.3. The highest BCUT2D eigenvalue weighted by Crippen LogP contribution is 2.50. The molecule has 2 aliphatic heterocycles. The summed E-state index contributed by atoms with van der Waals surface area (Å²) in [6.45, 7) is -0.615. The highest BCUT2D eigenvalue weighted by atomic mass is 32.2. The minimum absolute atomic E-state index is 0.0103. The Labute approximate surface area is 144 Å². The lowest BCUT2D eigenvalue weighted by atomic mass is 9.91. The number of nitrogens with zero attached hydrogens (tertiary/aromatic N) is 3. The molecule has 1 aromatic carbocycles. The van der Waals surface area contributed by atoms with Crippen molar-refractivity contribution in [1.29, 1.82) is 5.26 Å². The molecule has 25 heavy (non-hydrogen) atoms. The van der Waals surface area contributed by atoms with E-state index in [-0.39, 0.29) is 17.9 Å². The van der Waals surface area contributed by atoms with Crippen LogP contribution in [0.3, 0.4) is 0 Å². The first-order valence-corrected chi connectivity index (χ1v) is 9.29. The van der Waals surface area contributed by atoms with Crippen LogP contribution < -0.4 is 0 Å². The topological polar surface area (TPSA) is 81.5 Å². The van der Waals surface area contributed by atoms with Gasteiger partial charge in [-0.1, -0.05) is 18.2 Å². The van der Waals surface area contributed by atoms with E-state index in [1.54, 1.807) is 24.4 Å². The number of nitriles is 1. The molecule has 2 atom stereocenters. The summed E-state index contributed by atoms with van der Waals surface area (Å²) in [5.74, 6) is -4.08. The molecule has 1 aromatic rings. The normalized spacial score (nSPS) is 28.3. The van der Waals surface area contributed by atoms with Crippen molar-refractivity contribution >= 4 is 15.7 Å². The minimum Gasteiger partial charge on any atom is -0.282 e. The van der Waals surface area contributed by atoms with Gasteiger partial charge in [-0.3, -0.25) is 14.6 Å². The number of carbonyl (C=O) groups excluding carboxylic acids is 1. The molecule has 0 N–H and O–H groups in total. The van der Waals surface area contributed by atoms with E-state index in [9.17, 15) is 22.0 Å². The van der Waals surface area contributed by atoms with Crippen LogP contribution in [0.25, 0.3) is 0 Å². The van der Waals surface area contributed by atoms with Crippen molar-refractivity contribution in [3.63, 3.8) is 0 Å². The van der Waals surface area contributed by atoms with E-state index in [2.05, 4.69) is 0 Å². The second kappa shape index (κ2) is 5.75. The van der Waals surface area contributed by atoms with Gasteiger partial charge in [0.25, 0.3) is 11.8 Å². The molecule has 3 rings (SSSR count). The highest BCUT2D eigenvalue weighted by molar-refractivity contribution is 7.92. The molecule has 0 aliphatic carbocycles. The molecule has 2 aliphatic rings. The van der Waals surface area contributed by atoms with Crippen LogP contribution in [0.5, 0.6) is 0 Å². The number of amides is 1. The summed E-state index contributed by atoms with van der Waals surface area (Å²) < 4.78 is 54.4. The molecule has 9 heteroatoms. The number of benzene rings is 1. The van der Waals surface area contributed by atoms with E-state index < -0.39 is 45.4 Å². The van der Waals surface area contributed by atoms with Crippen LogP contribution in [-0.4, -0.2) is 61.0 Å².